The number of nitrogens with one attached hydrogen (secondary N) is 1. The lowest BCUT2D eigenvalue weighted by Crippen LogP contribution is -2.21. The smallest absolute Gasteiger partial charge is 0.263 e. The summed E-state index contributed by atoms with van der Waals surface area (Å²) >= 11 is 0. The van der Waals surface area contributed by atoms with E-state index in [1.165, 1.54) is 40.9 Å². The van der Waals surface area contributed by atoms with E-state index in [4.69, 9.17) is 12.3 Å². The number of nitrogen functional groups attached to an aromatic ring is 1. The molecule has 0 saturated heterocycles. The highest BCUT2D eigenvalue weighted by atomic mass is 19.1. The van der Waals surface area contributed by atoms with Crippen LogP contribution in [0.2, 0.25) is 0 Å². The normalized spacial score (nSPS) is 11.8. The second-order valence-corrected chi connectivity index (χ2v) is 6.87. The van der Waals surface area contributed by atoms with Gasteiger partial charge in [-0.25, -0.2) is 23.6 Å². The minimum absolute atomic E-state index is 0.0125. The Labute approximate surface area is 175 Å². The first-order valence-electron chi connectivity index (χ1n) is 9.24. The molecule has 1 aromatic carbocycles. The molecule has 4 rings (SSSR count). The van der Waals surface area contributed by atoms with E-state index in [0.29, 0.717) is 16.6 Å². The van der Waals surface area contributed by atoms with Gasteiger partial charge in [-0.1, -0.05) is 12.1 Å². The summed E-state index contributed by atoms with van der Waals surface area (Å²) in [7, 11) is 0. The molecule has 1 atom stereocenters. The van der Waals surface area contributed by atoms with Crippen molar-refractivity contribution in [1.82, 2.24) is 14.4 Å². The van der Waals surface area contributed by atoms with Gasteiger partial charge in [-0.2, -0.15) is 0 Å². The molecule has 0 radical (unpaired) electrons. The molecule has 0 unspecified atom stereocenters. The van der Waals surface area contributed by atoms with Gasteiger partial charge in [-0.3, -0.25) is 9.20 Å². The number of nitrogens with zero attached hydrogens (tertiary/aromatic N) is 4. The van der Waals surface area contributed by atoms with Gasteiger partial charge in [0.05, 0.1) is 12.1 Å². The van der Waals surface area contributed by atoms with Gasteiger partial charge in [-0.05, 0) is 48.4 Å². The van der Waals surface area contributed by atoms with Crippen molar-refractivity contribution in [2.75, 3.05) is 11.1 Å². The Kier molecular flexibility index (Phi) is 5.05. The van der Waals surface area contributed by atoms with Gasteiger partial charge < -0.3 is 11.1 Å². The van der Waals surface area contributed by atoms with Crippen LogP contribution in [0, 0.1) is 18.2 Å². The lowest BCUT2D eigenvalue weighted by Gasteiger charge is -2.20. The summed E-state index contributed by atoms with van der Waals surface area (Å²) in [4.78, 5) is 24.6. The van der Waals surface area contributed by atoms with E-state index in [1.54, 1.807) is 19.1 Å². The number of aromatic nitrogens is 3. The summed E-state index contributed by atoms with van der Waals surface area (Å²) in [6.07, 6.45) is 2.39. The molecular formula is C22H16F2N6O. The van der Waals surface area contributed by atoms with Crippen LogP contribution in [0.25, 0.3) is 21.5 Å². The van der Waals surface area contributed by atoms with Crippen molar-refractivity contribution < 1.29 is 8.78 Å². The van der Waals surface area contributed by atoms with Crippen molar-refractivity contribution in [2.45, 2.75) is 13.0 Å². The molecule has 0 saturated carbocycles. The van der Waals surface area contributed by atoms with E-state index in [1.807, 2.05) is 0 Å². The van der Waals surface area contributed by atoms with Crippen LogP contribution in [0.3, 0.4) is 0 Å². The Morgan fingerprint density at radius 3 is 2.74 bits per heavy atom. The number of hydrogen-bond acceptors (Lipinski definition) is 5. The van der Waals surface area contributed by atoms with Crippen LogP contribution in [0.5, 0.6) is 0 Å². The molecule has 0 fully saturated rings. The molecule has 3 heterocycles. The average molecular weight is 418 g/mol. The first-order valence-corrected chi connectivity index (χ1v) is 9.24. The van der Waals surface area contributed by atoms with Crippen molar-refractivity contribution in [3.05, 3.63) is 93.8 Å². The maximum Gasteiger partial charge on any atom is 0.263 e. The zero-order valence-electron chi connectivity index (χ0n) is 16.3. The number of pyridine rings is 2. The fourth-order valence-corrected chi connectivity index (χ4v) is 3.39. The topological polar surface area (TPSA) is 89.7 Å². The summed E-state index contributed by atoms with van der Waals surface area (Å²) in [5.41, 5.74) is 6.84. The summed E-state index contributed by atoms with van der Waals surface area (Å²) < 4.78 is 28.9. The summed E-state index contributed by atoms with van der Waals surface area (Å²) in [6, 6.07) is 9.53. The molecule has 4 aromatic rings. The fraction of sp³-hybridized carbons (Fsp3) is 0.0909. The van der Waals surface area contributed by atoms with E-state index < -0.39 is 23.2 Å². The highest BCUT2D eigenvalue weighted by Crippen LogP contribution is 2.31. The van der Waals surface area contributed by atoms with Gasteiger partial charge in [0.1, 0.15) is 17.5 Å². The van der Waals surface area contributed by atoms with E-state index in [9.17, 15) is 13.6 Å². The second kappa shape index (κ2) is 7.84. The quantitative estimate of drug-likeness (QED) is 0.481. The number of rotatable bonds is 4. The Bertz CT molecular complexity index is 1410. The van der Waals surface area contributed by atoms with Crippen molar-refractivity contribution in [3.8, 4) is 11.1 Å². The van der Waals surface area contributed by atoms with Crippen LogP contribution in [-0.4, -0.2) is 14.4 Å². The van der Waals surface area contributed by atoms with Crippen molar-refractivity contribution in [3.63, 3.8) is 0 Å². The number of nitrogens with two attached hydrogens (primary N) is 1. The minimum atomic E-state index is -0.572. The molecule has 3 aromatic heterocycles. The number of hydrogen-bond donors (Lipinski definition) is 2. The van der Waals surface area contributed by atoms with Gasteiger partial charge in [-0.15, -0.1) is 0 Å². The van der Waals surface area contributed by atoms with E-state index >= 15 is 0 Å². The molecule has 0 aliphatic heterocycles. The highest BCUT2D eigenvalue weighted by molar-refractivity contribution is 5.72. The summed E-state index contributed by atoms with van der Waals surface area (Å²) in [5, 5.41) is 3.09. The molecule has 0 spiro atoms. The number of fused-ring (bicyclic) bond motifs is 1. The predicted octanol–water partition coefficient (Wildman–Crippen LogP) is 4.34. The third-order valence-corrected chi connectivity index (χ3v) is 4.81. The van der Waals surface area contributed by atoms with Crippen LogP contribution in [0.15, 0.2) is 59.7 Å². The molecule has 3 N–H and O–H groups in total. The molecule has 0 aliphatic carbocycles. The molecular weight excluding hydrogens is 402 g/mol. The van der Waals surface area contributed by atoms with Gasteiger partial charge >= 0.3 is 0 Å². The molecule has 31 heavy (non-hydrogen) atoms. The molecule has 0 amide bonds. The Morgan fingerprint density at radius 1 is 1.19 bits per heavy atom. The van der Waals surface area contributed by atoms with E-state index in [-0.39, 0.29) is 23.0 Å². The maximum atomic E-state index is 13.9. The third kappa shape index (κ3) is 3.79. The zero-order valence-corrected chi connectivity index (χ0v) is 16.3. The summed E-state index contributed by atoms with van der Waals surface area (Å²) in [6.45, 7) is 9.07. The zero-order chi connectivity index (χ0) is 22.1. The predicted molar refractivity (Wildman–Crippen MR) is 114 cm³/mol. The molecule has 0 aliphatic rings. The van der Waals surface area contributed by atoms with Gasteiger partial charge in [0, 0.05) is 24.0 Å². The maximum absolute atomic E-state index is 13.9. The van der Waals surface area contributed by atoms with Gasteiger partial charge in [0.25, 0.3) is 5.56 Å². The van der Waals surface area contributed by atoms with Crippen LogP contribution in [0.1, 0.15) is 18.5 Å². The first kappa shape index (κ1) is 20.0. The van der Waals surface area contributed by atoms with Crippen LogP contribution in [0.4, 0.5) is 26.2 Å². The standard InChI is InChI=1S/C22H16F2N6O/c1-12(28-20-18(26-2)10-27-22(25)29-20)17-9-16-7-6-15(24)11-30(16)21(31)19(17)13-4-3-5-14(23)8-13/h3-12H,1H3,(H3,25,27,28,29)/t12-/m0/s1. The second-order valence-electron chi connectivity index (χ2n) is 6.87. The third-order valence-electron chi connectivity index (χ3n) is 4.81. The number of anilines is 2. The fourth-order valence-electron chi connectivity index (χ4n) is 3.39. The Morgan fingerprint density at radius 2 is 2.00 bits per heavy atom. The molecule has 7 nitrogen and oxygen atoms in total. The Balaban J connectivity index is 1.93. The molecule has 0 bridgehead atoms. The van der Waals surface area contributed by atoms with Crippen LogP contribution >= 0.6 is 0 Å². The van der Waals surface area contributed by atoms with Crippen molar-refractivity contribution in [1.29, 1.82) is 0 Å². The first-order chi connectivity index (χ1) is 14.9. The van der Waals surface area contributed by atoms with Crippen LogP contribution < -0.4 is 16.6 Å². The van der Waals surface area contributed by atoms with Crippen LogP contribution in [-0.2, 0) is 0 Å². The number of benzene rings is 1. The minimum Gasteiger partial charge on any atom is -0.372 e. The van der Waals surface area contributed by atoms with E-state index in [2.05, 4.69) is 20.1 Å². The lowest BCUT2D eigenvalue weighted by molar-refractivity contribution is 0.618. The summed E-state index contributed by atoms with van der Waals surface area (Å²) in [5.74, 6) is -0.885. The highest BCUT2D eigenvalue weighted by Gasteiger charge is 2.20. The average Bonchev–Trinajstić information content (AvgIpc) is 2.74. The molecule has 9 heteroatoms. The number of halogens is 2. The van der Waals surface area contributed by atoms with Gasteiger partial charge in [0.15, 0.2) is 0 Å². The van der Waals surface area contributed by atoms with E-state index in [0.717, 1.165) is 6.20 Å². The SMILES string of the molecule is [C-]#[N+]c1cnc(N)nc1N[C@@H](C)c1cc2ccc(F)cn2c(=O)c1-c1cccc(F)c1. The van der Waals surface area contributed by atoms with Crippen molar-refractivity contribution >= 4 is 23.0 Å². The van der Waals surface area contributed by atoms with Gasteiger partial charge in [0.2, 0.25) is 11.6 Å². The lowest BCUT2D eigenvalue weighted by atomic mass is 9.96. The largest absolute Gasteiger partial charge is 0.372 e. The molecule has 154 valence electrons. The van der Waals surface area contributed by atoms with Crippen molar-refractivity contribution in [2.24, 2.45) is 0 Å². The monoisotopic (exact) mass is 418 g/mol. The Hall–Kier alpha value is -4.32.